The summed E-state index contributed by atoms with van der Waals surface area (Å²) >= 11 is 0. The highest BCUT2D eigenvalue weighted by Gasteiger charge is 2.19. The van der Waals surface area contributed by atoms with Gasteiger partial charge in [0.15, 0.2) is 0 Å². The van der Waals surface area contributed by atoms with E-state index >= 15 is 0 Å². The molecule has 0 aliphatic rings. The first kappa shape index (κ1) is 24.1. The summed E-state index contributed by atoms with van der Waals surface area (Å²) in [6.07, 6.45) is 0. The quantitative estimate of drug-likeness (QED) is 0.362. The predicted octanol–water partition coefficient (Wildman–Crippen LogP) is 3.78. The summed E-state index contributed by atoms with van der Waals surface area (Å²) in [5, 5.41) is 3.09. The minimum absolute atomic E-state index is 0.0299. The van der Waals surface area contributed by atoms with Crippen LogP contribution < -0.4 is 15.6 Å². The molecule has 8 nitrogen and oxygen atoms in total. The van der Waals surface area contributed by atoms with Gasteiger partial charge in [0, 0.05) is 34.9 Å². The van der Waals surface area contributed by atoms with Crippen molar-refractivity contribution in [2.24, 2.45) is 0 Å². The lowest BCUT2D eigenvalue weighted by Gasteiger charge is -2.15. The first-order chi connectivity index (χ1) is 16.6. The number of hydrogen-bond donors (Lipinski definition) is 3. The standard InChI is InChI=1S/C25H23FN4O4S/c1-30(2)15-16-5-3-4-6-22(16)28-25(32)21-14-24(31)27-23-12-11-19(13-20(21)23)35(33,34)29-18-9-7-17(26)8-10-18/h3-14,29H,15H2,1-2H3,(H,27,31)(H,28,32). The molecule has 35 heavy (non-hydrogen) atoms. The van der Waals surface area contributed by atoms with Crippen LogP contribution in [-0.2, 0) is 16.6 Å². The number of anilines is 2. The van der Waals surface area contributed by atoms with Gasteiger partial charge in [0.1, 0.15) is 5.82 Å². The number of halogens is 1. The van der Waals surface area contributed by atoms with E-state index in [0.717, 1.165) is 23.8 Å². The second kappa shape index (κ2) is 9.69. The Bertz CT molecular complexity index is 1560. The van der Waals surface area contributed by atoms with Crippen LogP contribution in [-0.4, -0.2) is 38.3 Å². The van der Waals surface area contributed by atoms with Gasteiger partial charge in [-0.3, -0.25) is 14.3 Å². The van der Waals surface area contributed by atoms with E-state index in [1.165, 1.54) is 30.3 Å². The lowest BCUT2D eigenvalue weighted by atomic mass is 10.1. The Hall–Kier alpha value is -4.02. The van der Waals surface area contributed by atoms with Crippen molar-refractivity contribution in [1.82, 2.24) is 9.88 Å². The van der Waals surface area contributed by atoms with Gasteiger partial charge < -0.3 is 15.2 Å². The van der Waals surface area contributed by atoms with Crippen LogP contribution in [0.5, 0.6) is 0 Å². The fraction of sp³-hybridized carbons (Fsp3) is 0.120. The van der Waals surface area contributed by atoms with Crippen molar-refractivity contribution in [3.63, 3.8) is 0 Å². The summed E-state index contributed by atoms with van der Waals surface area (Å²) in [4.78, 5) is 29.9. The van der Waals surface area contributed by atoms with E-state index in [9.17, 15) is 22.4 Å². The average molecular weight is 495 g/mol. The van der Waals surface area contributed by atoms with Gasteiger partial charge in [0.2, 0.25) is 5.56 Å². The van der Waals surface area contributed by atoms with Crippen molar-refractivity contribution in [2.45, 2.75) is 11.4 Å². The number of amides is 1. The van der Waals surface area contributed by atoms with Crippen LogP contribution in [0.4, 0.5) is 15.8 Å². The Morgan fingerprint density at radius 2 is 1.71 bits per heavy atom. The molecule has 0 atom stereocenters. The van der Waals surface area contributed by atoms with E-state index in [0.29, 0.717) is 17.7 Å². The van der Waals surface area contributed by atoms with Gasteiger partial charge in [-0.2, -0.15) is 0 Å². The Balaban J connectivity index is 1.72. The zero-order chi connectivity index (χ0) is 25.2. The summed E-state index contributed by atoms with van der Waals surface area (Å²) in [6.45, 7) is 0.587. The smallest absolute Gasteiger partial charge is 0.261 e. The van der Waals surface area contributed by atoms with Gasteiger partial charge in [0.25, 0.3) is 15.9 Å². The largest absolute Gasteiger partial charge is 0.322 e. The molecule has 0 aliphatic heterocycles. The number of aromatic amines is 1. The molecule has 1 heterocycles. The van der Waals surface area contributed by atoms with Crippen LogP contribution >= 0.6 is 0 Å². The molecule has 3 N–H and O–H groups in total. The molecule has 0 bridgehead atoms. The summed E-state index contributed by atoms with van der Waals surface area (Å²) < 4.78 is 41.4. The van der Waals surface area contributed by atoms with Crippen LogP contribution in [0.15, 0.2) is 82.5 Å². The monoisotopic (exact) mass is 494 g/mol. The number of H-pyrrole nitrogens is 1. The molecule has 0 saturated heterocycles. The third kappa shape index (κ3) is 5.56. The Labute approximate surface area is 201 Å². The average Bonchev–Trinajstić information content (AvgIpc) is 2.80. The minimum atomic E-state index is -4.05. The number of carbonyl (C=O) groups is 1. The SMILES string of the molecule is CN(C)Cc1ccccc1NC(=O)c1cc(=O)[nH]c2ccc(S(=O)(=O)Nc3ccc(F)cc3)cc12. The molecule has 1 amide bonds. The first-order valence-electron chi connectivity index (χ1n) is 10.6. The van der Waals surface area contributed by atoms with Gasteiger partial charge in [-0.25, -0.2) is 12.8 Å². The van der Waals surface area contributed by atoms with E-state index < -0.39 is 27.3 Å². The number of hydrogen-bond acceptors (Lipinski definition) is 5. The number of rotatable bonds is 7. The number of sulfonamides is 1. The second-order valence-electron chi connectivity index (χ2n) is 8.22. The highest BCUT2D eigenvalue weighted by atomic mass is 32.2. The molecule has 0 unspecified atom stereocenters. The van der Waals surface area contributed by atoms with Gasteiger partial charge in [-0.05, 0) is 68.2 Å². The Morgan fingerprint density at radius 1 is 1.00 bits per heavy atom. The van der Waals surface area contributed by atoms with Crippen molar-refractivity contribution < 1.29 is 17.6 Å². The number of fused-ring (bicyclic) bond motifs is 1. The molecule has 0 aliphatic carbocycles. The normalized spacial score (nSPS) is 11.5. The third-order valence-electron chi connectivity index (χ3n) is 5.22. The fourth-order valence-corrected chi connectivity index (χ4v) is 4.71. The zero-order valence-corrected chi connectivity index (χ0v) is 19.8. The van der Waals surface area contributed by atoms with E-state index in [1.807, 2.05) is 31.1 Å². The van der Waals surface area contributed by atoms with Crippen molar-refractivity contribution in [2.75, 3.05) is 24.1 Å². The van der Waals surface area contributed by atoms with Crippen LogP contribution in [0.2, 0.25) is 0 Å². The zero-order valence-electron chi connectivity index (χ0n) is 19.0. The number of carbonyl (C=O) groups excluding carboxylic acids is 1. The van der Waals surface area contributed by atoms with Crippen molar-refractivity contribution >= 4 is 38.2 Å². The maximum absolute atomic E-state index is 13.2. The van der Waals surface area contributed by atoms with Crippen LogP contribution in [0, 0.1) is 5.82 Å². The molecule has 0 radical (unpaired) electrons. The number of aromatic nitrogens is 1. The second-order valence-corrected chi connectivity index (χ2v) is 9.90. The third-order valence-corrected chi connectivity index (χ3v) is 6.60. The van der Waals surface area contributed by atoms with Gasteiger partial charge in [0.05, 0.1) is 10.5 Å². The maximum Gasteiger partial charge on any atom is 0.261 e. The van der Waals surface area contributed by atoms with Gasteiger partial charge >= 0.3 is 0 Å². The molecule has 0 saturated carbocycles. The van der Waals surface area contributed by atoms with Gasteiger partial charge in [-0.15, -0.1) is 0 Å². The van der Waals surface area contributed by atoms with E-state index in [-0.39, 0.29) is 21.5 Å². The van der Waals surface area contributed by atoms with Crippen LogP contribution in [0.25, 0.3) is 10.9 Å². The van der Waals surface area contributed by atoms with E-state index in [1.54, 1.807) is 12.1 Å². The summed E-state index contributed by atoms with van der Waals surface area (Å²) in [5.74, 6) is -1.04. The van der Waals surface area contributed by atoms with E-state index in [2.05, 4.69) is 15.0 Å². The number of nitrogens with zero attached hydrogens (tertiary/aromatic N) is 1. The van der Waals surface area contributed by atoms with Crippen LogP contribution in [0.3, 0.4) is 0 Å². The molecule has 180 valence electrons. The summed E-state index contributed by atoms with van der Waals surface area (Å²) in [6, 6.07) is 17.4. The number of benzene rings is 3. The fourth-order valence-electron chi connectivity index (χ4n) is 3.63. The Morgan fingerprint density at radius 3 is 2.43 bits per heavy atom. The minimum Gasteiger partial charge on any atom is -0.322 e. The van der Waals surface area contributed by atoms with Crippen molar-refractivity contribution in [3.8, 4) is 0 Å². The summed E-state index contributed by atoms with van der Waals surface area (Å²) in [7, 11) is -0.236. The molecule has 0 fully saturated rings. The molecular weight excluding hydrogens is 471 g/mol. The molecule has 3 aromatic carbocycles. The maximum atomic E-state index is 13.2. The first-order valence-corrected chi connectivity index (χ1v) is 12.1. The molecular formula is C25H23FN4O4S. The Kier molecular flexibility index (Phi) is 6.68. The number of pyridine rings is 1. The highest BCUT2D eigenvalue weighted by molar-refractivity contribution is 7.92. The topological polar surface area (TPSA) is 111 Å². The lowest BCUT2D eigenvalue weighted by molar-refractivity contribution is 0.102. The van der Waals surface area contributed by atoms with E-state index in [4.69, 9.17) is 0 Å². The highest BCUT2D eigenvalue weighted by Crippen LogP contribution is 2.24. The van der Waals surface area contributed by atoms with Crippen molar-refractivity contribution in [3.05, 3.63) is 100 Å². The van der Waals surface area contributed by atoms with Crippen molar-refractivity contribution in [1.29, 1.82) is 0 Å². The number of para-hydroxylation sites is 1. The molecule has 4 aromatic rings. The molecule has 4 rings (SSSR count). The molecule has 0 spiro atoms. The molecule has 1 aromatic heterocycles. The van der Waals surface area contributed by atoms with Gasteiger partial charge in [-0.1, -0.05) is 18.2 Å². The van der Waals surface area contributed by atoms with Crippen LogP contribution in [0.1, 0.15) is 15.9 Å². The predicted molar refractivity (Wildman–Crippen MR) is 134 cm³/mol. The number of nitrogens with one attached hydrogen (secondary N) is 3. The molecule has 10 heteroatoms. The summed E-state index contributed by atoms with van der Waals surface area (Å²) in [5.41, 5.74) is 1.49. The lowest BCUT2D eigenvalue weighted by Crippen LogP contribution is -2.19.